The minimum absolute atomic E-state index is 0.228. The van der Waals surface area contributed by atoms with Gasteiger partial charge in [-0.2, -0.15) is 0 Å². The van der Waals surface area contributed by atoms with Gasteiger partial charge in [0.1, 0.15) is 0 Å². The molecule has 0 aliphatic carbocycles. The van der Waals surface area contributed by atoms with E-state index in [9.17, 15) is 14.4 Å². The van der Waals surface area contributed by atoms with Crippen LogP contribution in [0.25, 0.3) is 10.9 Å². The molecule has 100 valence electrons. The number of nitrogens with zero attached hydrogens (tertiary/aromatic N) is 1. The molecule has 0 spiro atoms. The zero-order valence-electron chi connectivity index (χ0n) is 10.6. The number of aromatic nitrogens is 1. The number of imide groups is 1. The Morgan fingerprint density at radius 2 is 2.10 bits per heavy atom. The number of aldehydes is 1. The highest BCUT2D eigenvalue weighted by Crippen LogP contribution is 2.27. The number of hydrogen-bond acceptors (Lipinski definition) is 4. The Morgan fingerprint density at radius 3 is 2.85 bits per heavy atom. The highest BCUT2D eigenvalue weighted by atomic mass is 16.2. The first-order chi connectivity index (χ1) is 9.69. The van der Waals surface area contributed by atoms with E-state index in [0.29, 0.717) is 23.9 Å². The van der Waals surface area contributed by atoms with E-state index in [0.717, 1.165) is 17.2 Å². The predicted octanol–water partition coefficient (Wildman–Crippen LogP) is 1.57. The smallest absolute Gasteiger partial charge is 0.234 e. The summed E-state index contributed by atoms with van der Waals surface area (Å²) < 4.78 is 0. The lowest BCUT2D eigenvalue weighted by Gasteiger charge is -2.21. The van der Waals surface area contributed by atoms with Gasteiger partial charge in [0, 0.05) is 23.6 Å². The molecule has 1 saturated heterocycles. The predicted molar refractivity (Wildman–Crippen MR) is 72.3 cm³/mol. The van der Waals surface area contributed by atoms with Crippen molar-refractivity contribution < 1.29 is 14.4 Å². The van der Waals surface area contributed by atoms with Gasteiger partial charge in [-0.05, 0) is 24.1 Å². The summed E-state index contributed by atoms with van der Waals surface area (Å²) >= 11 is 0. The minimum Gasteiger partial charge on any atom is -0.298 e. The van der Waals surface area contributed by atoms with Gasteiger partial charge in [-0.1, -0.05) is 12.1 Å². The monoisotopic (exact) mass is 268 g/mol. The van der Waals surface area contributed by atoms with Crippen LogP contribution >= 0.6 is 0 Å². The van der Waals surface area contributed by atoms with Crippen LogP contribution in [-0.2, 0) is 9.59 Å². The molecule has 1 aromatic carbocycles. The molecule has 1 aliphatic rings. The van der Waals surface area contributed by atoms with Gasteiger partial charge in [0.05, 0.1) is 11.4 Å². The molecule has 2 heterocycles. The van der Waals surface area contributed by atoms with Crippen molar-refractivity contribution in [3.63, 3.8) is 0 Å². The third kappa shape index (κ3) is 2.07. The molecule has 1 fully saturated rings. The number of fused-ring (bicyclic) bond motifs is 1. The molecule has 0 saturated carbocycles. The third-order valence-corrected chi connectivity index (χ3v) is 3.57. The van der Waals surface area contributed by atoms with Gasteiger partial charge in [0.2, 0.25) is 11.8 Å². The van der Waals surface area contributed by atoms with Crippen molar-refractivity contribution in [1.29, 1.82) is 0 Å². The lowest BCUT2D eigenvalue weighted by Crippen LogP contribution is -2.39. The van der Waals surface area contributed by atoms with Gasteiger partial charge in [-0.3, -0.25) is 24.7 Å². The highest BCUT2D eigenvalue weighted by molar-refractivity contribution is 6.02. The van der Waals surface area contributed by atoms with Crippen molar-refractivity contribution >= 4 is 29.0 Å². The van der Waals surface area contributed by atoms with E-state index >= 15 is 0 Å². The molecular weight excluding hydrogens is 256 g/mol. The highest BCUT2D eigenvalue weighted by Gasteiger charge is 2.28. The van der Waals surface area contributed by atoms with E-state index in [2.05, 4.69) is 10.3 Å². The maximum Gasteiger partial charge on any atom is 0.234 e. The lowest BCUT2D eigenvalue weighted by molar-refractivity contribution is -0.134. The van der Waals surface area contributed by atoms with Crippen LogP contribution in [0.4, 0.5) is 0 Å². The maximum atomic E-state index is 11.9. The molecule has 2 aromatic rings. The minimum atomic E-state index is -0.334. The number of carbonyl (C=O) groups is 3. The van der Waals surface area contributed by atoms with Crippen LogP contribution in [0.1, 0.15) is 34.7 Å². The first-order valence-electron chi connectivity index (χ1n) is 6.36. The summed E-state index contributed by atoms with van der Waals surface area (Å²) in [6.45, 7) is 0. The Hall–Kier alpha value is -2.56. The van der Waals surface area contributed by atoms with E-state index in [-0.39, 0.29) is 17.7 Å². The summed E-state index contributed by atoms with van der Waals surface area (Å²) in [6, 6.07) is 7.07. The molecule has 2 amide bonds. The number of hydrogen-bond donors (Lipinski definition) is 1. The number of piperidine rings is 1. The van der Waals surface area contributed by atoms with Crippen LogP contribution in [-0.4, -0.2) is 23.1 Å². The van der Waals surface area contributed by atoms with Crippen LogP contribution in [0.15, 0.2) is 30.5 Å². The fraction of sp³-hybridized carbons (Fsp3) is 0.200. The summed E-state index contributed by atoms with van der Waals surface area (Å²) in [5, 5.41) is 3.11. The van der Waals surface area contributed by atoms with Crippen LogP contribution in [0.5, 0.6) is 0 Å². The SMILES string of the molecule is O=Cc1ccnc2cc(C3CCC(=O)NC3=O)ccc12. The molecular formula is C15H12N2O3. The zero-order chi connectivity index (χ0) is 14.1. The van der Waals surface area contributed by atoms with Gasteiger partial charge >= 0.3 is 0 Å². The largest absolute Gasteiger partial charge is 0.298 e. The Kier molecular flexibility index (Phi) is 3.02. The van der Waals surface area contributed by atoms with Crippen LogP contribution < -0.4 is 5.32 Å². The number of benzene rings is 1. The molecule has 1 aliphatic heterocycles. The molecule has 1 atom stereocenters. The van der Waals surface area contributed by atoms with Gasteiger partial charge in [-0.15, -0.1) is 0 Å². The summed E-state index contributed by atoms with van der Waals surface area (Å²) in [6.07, 6.45) is 3.20. The Bertz CT molecular complexity index is 724. The fourth-order valence-electron chi connectivity index (χ4n) is 2.52. The molecule has 0 radical (unpaired) electrons. The summed E-state index contributed by atoms with van der Waals surface area (Å²) in [5.74, 6) is -0.834. The number of rotatable bonds is 2. The summed E-state index contributed by atoms with van der Waals surface area (Å²) in [7, 11) is 0. The van der Waals surface area contributed by atoms with Gasteiger partial charge in [0.15, 0.2) is 6.29 Å². The Labute approximate surface area is 115 Å². The van der Waals surface area contributed by atoms with E-state index in [1.807, 2.05) is 12.1 Å². The normalized spacial score (nSPS) is 18.9. The van der Waals surface area contributed by atoms with Crippen molar-refractivity contribution in [2.75, 3.05) is 0 Å². The second-order valence-corrected chi connectivity index (χ2v) is 4.80. The first kappa shape index (κ1) is 12.5. The molecule has 3 rings (SSSR count). The van der Waals surface area contributed by atoms with Crippen LogP contribution in [0.3, 0.4) is 0 Å². The standard InChI is InChI=1S/C15H12N2O3/c18-8-10-5-6-16-13-7-9(1-2-11(10)13)12-3-4-14(19)17-15(12)20/h1-2,5-8,12H,3-4H2,(H,17,19,20). The van der Waals surface area contributed by atoms with E-state index in [4.69, 9.17) is 0 Å². The van der Waals surface area contributed by atoms with Crippen molar-refractivity contribution in [3.05, 3.63) is 41.6 Å². The van der Waals surface area contributed by atoms with E-state index < -0.39 is 0 Å². The second-order valence-electron chi connectivity index (χ2n) is 4.80. The van der Waals surface area contributed by atoms with Gasteiger partial charge in [0.25, 0.3) is 0 Å². The molecule has 1 N–H and O–H groups in total. The molecule has 20 heavy (non-hydrogen) atoms. The zero-order valence-corrected chi connectivity index (χ0v) is 10.6. The first-order valence-corrected chi connectivity index (χ1v) is 6.36. The Morgan fingerprint density at radius 1 is 1.25 bits per heavy atom. The van der Waals surface area contributed by atoms with Gasteiger partial charge in [-0.25, -0.2) is 0 Å². The quantitative estimate of drug-likeness (QED) is 0.662. The van der Waals surface area contributed by atoms with Crippen LogP contribution in [0.2, 0.25) is 0 Å². The average Bonchev–Trinajstić information content (AvgIpc) is 2.46. The van der Waals surface area contributed by atoms with Crippen molar-refractivity contribution in [3.8, 4) is 0 Å². The van der Waals surface area contributed by atoms with Crippen LogP contribution in [0, 0.1) is 0 Å². The number of amides is 2. The number of carbonyl (C=O) groups excluding carboxylic acids is 3. The van der Waals surface area contributed by atoms with Crippen molar-refractivity contribution in [1.82, 2.24) is 10.3 Å². The van der Waals surface area contributed by atoms with E-state index in [1.54, 1.807) is 18.3 Å². The van der Waals surface area contributed by atoms with Crippen molar-refractivity contribution in [2.45, 2.75) is 18.8 Å². The van der Waals surface area contributed by atoms with E-state index in [1.165, 1.54) is 0 Å². The average molecular weight is 268 g/mol. The summed E-state index contributed by atoms with van der Waals surface area (Å²) in [5.41, 5.74) is 2.07. The third-order valence-electron chi connectivity index (χ3n) is 3.57. The Balaban J connectivity index is 2.03. The number of pyridine rings is 1. The molecule has 0 bridgehead atoms. The second kappa shape index (κ2) is 4.85. The number of nitrogens with one attached hydrogen (secondary N) is 1. The molecule has 5 heteroatoms. The molecule has 5 nitrogen and oxygen atoms in total. The maximum absolute atomic E-state index is 11.9. The topological polar surface area (TPSA) is 76.1 Å². The van der Waals surface area contributed by atoms with Crippen molar-refractivity contribution in [2.24, 2.45) is 0 Å². The van der Waals surface area contributed by atoms with Gasteiger partial charge < -0.3 is 0 Å². The fourth-order valence-corrected chi connectivity index (χ4v) is 2.52. The summed E-state index contributed by atoms with van der Waals surface area (Å²) in [4.78, 5) is 38.2. The molecule has 1 aromatic heterocycles. The lowest BCUT2D eigenvalue weighted by atomic mass is 9.89. The molecule has 1 unspecified atom stereocenters.